The molecule has 0 heterocycles. The van der Waals surface area contributed by atoms with Crippen molar-refractivity contribution < 1.29 is 0 Å². The first-order chi connectivity index (χ1) is 6.29. The minimum absolute atomic E-state index is 1.05. The van der Waals surface area contributed by atoms with E-state index in [0.29, 0.717) is 0 Å². The highest BCUT2D eigenvalue weighted by molar-refractivity contribution is 5.46. The highest BCUT2D eigenvalue weighted by atomic mass is 14.0. The molecule has 0 saturated heterocycles. The van der Waals surface area contributed by atoms with E-state index in [0.717, 1.165) is 12.0 Å². The van der Waals surface area contributed by atoms with Crippen LogP contribution in [-0.4, -0.2) is 0 Å². The molecular formula is C13H18. The lowest BCUT2D eigenvalue weighted by Crippen LogP contribution is -1.81. The number of hydrogen-bond acceptors (Lipinski definition) is 0. The molecule has 0 bridgehead atoms. The summed E-state index contributed by atoms with van der Waals surface area (Å²) in [6.45, 7) is 11.6. The zero-order valence-corrected chi connectivity index (χ0v) is 8.59. The Kier molecular flexibility index (Phi) is 6.62. The number of hydrogen-bond donors (Lipinski definition) is 0. The predicted molar refractivity (Wildman–Crippen MR) is 61.7 cm³/mol. The van der Waals surface area contributed by atoms with Crippen molar-refractivity contribution in [3.8, 4) is 0 Å². The molecule has 0 aliphatic heterocycles. The first-order valence-electron chi connectivity index (χ1n) is 4.58. The van der Waals surface area contributed by atoms with Gasteiger partial charge in [0.05, 0.1) is 0 Å². The lowest BCUT2D eigenvalue weighted by Gasteiger charge is -2.00. The molecule has 0 rings (SSSR count). The molecule has 0 spiro atoms. The van der Waals surface area contributed by atoms with E-state index in [9.17, 15) is 0 Å². The number of allylic oxidation sites excluding steroid dienone is 8. The van der Waals surface area contributed by atoms with Crippen LogP contribution in [0.5, 0.6) is 0 Å². The fourth-order valence-corrected chi connectivity index (χ4v) is 1.01. The smallest absolute Gasteiger partial charge is 0.0194 e. The molecular weight excluding hydrogens is 156 g/mol. The zero-order chi connectivity index (χ0) is 10.1. The summed E-state index contributed by atoms with van der Waals surface area (Å²) >= 11 is 0. The molecule has 13 heavy (non-hydrogen) atoms. The Morgan fingerprint density at radius 1 is 1.23 bits per heavy atom. The Morgan fingerprint density at radius 3 is 2.31 bits per heavy atom. The molecule has 0 aromatic carbocycles. The van der Waals surface area contributed by atoms with Crippen LogP contribution in [0.15, 0.2) is 60.8 Å². The van der Waals surface area contributed by atoms with Crippen LogP contribution in [0, 0.1) is 0 Å². The lowest BCUT2D eigenvalue weighted by molar-refractivity contribution is 1.22. The molecule has 0 atom stereocenters. The standard InChI is InChI=1S/C13H18/c1-5-9-11-13(8-4)12(7-3)10-6-2/h6-11H,2-3,5H2,1,4H3/b11-9-,12-10-,13-8-. The van der Waals surface area contributed by atoms with Crippen LogP contribution in [0.3, 0.4) is 0 Å². The maximum absolute atomic E-state index is 3.77. The normalized spacial score (nSPS) is 13.4. The minimum Gasteiger partial charge on any atom is -0.0990 e. The van der Waals surface area contributed by atoms with Crippen LogP contribution in [-0.2, 0) is 0 Å². The Labute approximate surface area is 81.7 Å². The van der Waals surface area contributed by atoms with E-state index in [1.54, 1.807) is 6.08 Å². The summed E-state index contributed by atoms with van der Waals surface area (Å²) in [6, 6.07) is 0. The molecule has 0 radical (unpaired) electrons. The average molecular weight is 174 g/mol. The van der Waals surface area contributed by atoms with Gasteiger partial charge < -0.3 is 0 Å². The fraction of sp³-hybridized carbons (Fsp3) is 0.231. The Morgan fingerprint density at radius 2 is 1.92 bits per heavy atom. The molecule has 0 nitrogen and oxygen atoms in total. The largest absolute Gasteiger partial charge is 0.0990 e. The van der Waals surface area contributed by atoms with Crippen molar-refractivity contribution in [1.29, 1.82) is 0 Å². The monoisotopic (exact) mass is 174 g/mol. The van der Waals surface area contributed by atoms with E-state index in [2.05, 4.69) is 38.3 Å². The maximum atomic E-state index is 3.77. The van der Waals surface area contributed by atoms with Gasteiger partial charge in [0.1, 0.15) is 0 Å². The minimum atomic E-state index is 1.05. The molecule has 0 amide bonds. The topological polar surface area (TPSA) is 0 Å². The molecule has 0 aliphatic rings. The van der Waals surface area contributed by atoms with E-state index in [4.69, 9.17) is 0 Å². The third kappa shape index (κ3) is 4.32. The van der Waals surface area contributed by atoms with Gasteiger partial charge in [-0.3, -0.25) is 0 Å². The maximum Gasteiger partial charge on any atom is -0.0194 e. The van der Waals surface area contributed by atoms with Gasteiger partial charge in [0.15, 0.2) is 0 Å². The highest BCUT2D eigenvalue weighted by Crippen LogP contribution is 2.12. The van der Waals surface area contributed by atoms with E-state index >= 15 is 0 Å². The quantitative estimate of drug-likeness (QED) is 0.548. The van der Waals surface area contributed by atoms with Crippen molar-refractivity contribution in [2.24, 2.45) is 0 Å². The Bertz CT molecular complexity index is 249. The summed E-state index contributed by atoms with van der Waals surface area (Å²) in [5.41, 5.74) is 2.30. The van der Waals surface area contributed by atoms with Gasteiger partial charge in [0.25, 0.3) is 0 Å². The van der Waals surface area contributed by atoms with Crippen LogP contribution in [0.4, 0.5) is 0 Å². The first kappa shape index (κ1) is 11.7. The summed E-state index contributed by atoms with van der Waals surface area (Å²) in [7, 11) is 0. The molecule has 0 saturated carbocycles. The molecule has 0 aromatic rings. The average Bonchev–Trinajstić information content (AvgIpc) is 2.17. The third-order valence-electron chi connectivity index (χ3n) is 1.69. The first-order valence-corrected chi connectivity index (χ1v) is 4.58. The van der Waals surface area contributed by atoms with Gasteiger partial charge in [-0.05, 0) is 24.5 Å². The van der Waals surface area contributed by atoms with Crippen molar-refractivity contribution >= 4 is 0 Å². The second kappa shape index (κ2) is 7.35. The van der Waals surface area contributed by atoms with E-state index in [-0.39, 0.29) is 0 Å². The van der Waals surface area contributed by atoms with E-state index < -0.39 is 0 Å². The van der Waals surface area contributed by atoms with Gasteiger partial charge in [-0.1, -0.05) is 56.5 Å². The van der Waals surface area contributed by atoms with Gasteiger partial charge >= 0.3 is 0 Å². The number of rotatable bonds is 5. The van der Waals surface area contributed by atoms with Crippen molar-refractivity contribution in [1.82, 2.24) is 0 Å². The second-order valence-electron chi connectivity index (χ2n) is 2.62. The van der Waals surface area contributed by atoms with Crippen molar-refractivity contribution in [2.75, 3.05) is 0 Å². The van der Waals surface area contributed by atoms with Gasteiger partial charge in [-0.15, -0.1) is 0 Å². The Balaban J connectivity index is 4.75. The van der Waals surface area contributed by atoms with Crippen molar-refractivity contribution in [3.63, 3.8) is 0 Å². The Hall–Kier alpha value is -1.30. The molecule has 0 fully saturated rings. The van der Waals surface area contributed by atoms with Crippen LogP contribution < -0.4 is 0 Å². The molecule has 70 valence electrons. The SMILES string of the molecule is C=C\C=C(C=C)/C(/C=C\CC)=C\C. The molecule has 0 aromatic heterocycles. The van der Waals surface area contributed by atoms with Gasteiger partial charge in [0.2, 0.25) is 0 Å². The molecule has 0 unspecified atom stereocenters. The summed E-state index contributed by atoms with van der Waals surface area (Å²) in [6.07, 6.45) is 12.9. The van der Waals surface area contributed by atoms with Crippen LogP contribution in [0.2, 0.25) is 0 Å². The summed E-state index contributed by atoms with van der Waals surface area (Å²) < 4.78 is 0. The summed E-state index contributed by atoms with van der Waals surface area (Å²) in [5, 5.41) is 0. The van der Waals surface area contributed by atoms with Crippen molar-refractivity contribution in [3.05, 3.63) is 60.8 Å². The molecule has 0 aliphatic carbocycles. The van der Waals surface area contributed by atoms with Gasteiger partial charge in [-0.25, -0.2) is 0 Å². The van der Waals surface area contributed by atoms with E-state index in [1.807, 2.05) is 19.1 Å². The lowest BCUT2D eigenvalue weighted by atomic mass is 10.0. The zero-order valence-electron chi connectivity index (χ0n) is 8.59. The fourth-order valence-electron chi connectivity index (χ4n) is 1.01. The predicted octanol–water partition coefficient (Wildman–Crippen LogP) is 4.20. The van der Waals surface area contributed by atoms with E-state index in [1.165, 1.54) is 5.57 Å². The highest BCUT2D eigenvalue weighted by Gasteiger charge is 1.93. The molecule has 0 N–H and O–H groups in total. The third-order valence-corrected chi connectivity index (χ3v) is 1.69. The van der Waals surface area contributed by atoms with Crippen molar-refractivity contribution in [2.45, 2.75) is 20.3 Å². The second-order valence-corrected chi connectivity index (χ2v) is 2.62. The van der Waals surface area contributed by atoms with Gasteiger partial charge in [-0.2, -0.15) is 0 Å². The van der Waals surface area contributed by atoms with Crippen LogP contribution in [0.1, 0.15) is 20.3 Å². The van der Waals surface area contributed by atoms with Gasteiger partial charge in [0, 0.05) is 0 Å². The summed E-state index contributed by atoms with van der Waals surface area (Å²) in [5.74, 6) is 0. The van der Waals surface area contributed by atoms with Crippen LogP contribution >= 0.6 is 0 Å². The molecule has 0 heteroatoms. The summed E-state index contributed by atoms with van der Waals surface area (Å²) in [4.78, 5) is 0. The van der Waals surface area contributed by atoms with Crippen LogP contribution in [0.25, 0.3) is 0 Å².